The van der Waals surface area contributed by atoms with Crippen molar-refractivity contribution in [2.75, 3.05) is 26.2 Å². The highest BCUT2D eigenvalue weighted by atomic mass is 35.5. The van der Waals surface area contributed by atoms with Crippen LogP contribution >= 0.6 is 24.8 Å². The lowest BCUT2D eigenvalue weighted by molar-refractivity contribution is 0.168. The summed E-state index contributed by atoms with van der Waals surface area (Å²) < 4.78 is 27.7. The minimum absolute atomic E-state index is 0. The maximum Gasteiger partial charge on any atom is 0.130 e. The van der Waals surface area contributed by atoms with Crippen molar-refractivity contribution < 1.29 is 8.78 Å². The molecule has 0 amide bonds. The van der Waals surface area contributed by atoms with Crippen LogP contribution in [0.15, 0.2) is 30.9 Å². The Morgan fingerprint density at radius 1 is 1.20 bits per heavy atom. The monoisotopic (exact) mass is 324 g/mol. The van der Waals surface area contributed by atoms with Gasteiger partial charge in [-0.15, -0.1) is 31.4 Å². The molecule has 1 aromatic rings. The Bertz CT molecular complexity index is 403. The van der Waals surface area contributed by atoms with Gasteiger partial charge >= 0.3 is 0 Å². The van der Waals surface area contributed by atoms with Crippen LogP contribution in [0.25, 0.3) is 0 Å². The highest BCUT2D eigenvalue weighted by molar-refractivity contribution is 5.85. The standard InChI is InChI=1S/C14H18F2N2.2ClH/c1-2-4-13(18-9-7-17-8-10-18)14-11(15)5-3-6-12(14)16;;/h2-3,5-6,13,17H,1,4,7-10H2;2*1H/t13-;;/m0../s1. The zero-order valence-electron chi connectivity index (χ0n) is 11.1. The molecule has 0 aromatic heterocycles. The van der Waals surface area contributed by atoms with Crippen LogP contribution in [0.4, 0.5) is 8.78 Å². The quantitative estimate of drug-likeness (QED) is 0.854. The molecular formula is C14H20Cl2F2N2. The molecule has 1 atom stereocenters. The first-order valence-corrected chi connectivity index (χ1v) is 6.23. The third-order valence-corrected chi connectivity index (χ3v) is 3.32. The van der Waals surface area contributed by atoms with Crippen molar-refractivity contribution in [2.45, 2.75) is 12.5 Å². The van der Waals surface area contributed by atoms with Crippen molar-refractivity contribution >= 4 is 24.8 Å². The van der Waals surface area contributed by atoms with Gasteiger partial charge in [0, 0.05) is 37.8 Å². The second-order valence-corrected chi connectivity index (χ2v) is 4.46. The van der Waals surface area contributed by atoms with Gasteiger partial charge in [-0.2, -0.15) is 0 Å². The van der Waals surface area contributed by atoms with Crippen LogP contribution in [0.2, 0.25) is 0 Å². The number of halogens is 4. The number of hydrogen-bond donors (Lipinski definition) is 1. The summed E-state index contributed by atoms with van der Waals surface area (Å²) in [5.74, 6) is -0.944. The summed E-state index contributed by atoms with van der Waals surface area (Å²) in [6, 6.07) is 3.77. The number of piperazine rings is 1. The third-order valence-electron chi connectivity index (χ3n) is 3.32. The van der Waals surface area contributed by atoms with Crippen molar-refractivity contribution in [2.24, 2.45) is 0 Å². The van der Waals surface area contributed by atoms with Crippen LogP contribution < -0.4 is 5.32 Å². The molecule has 114 valence electrons. The van der Waals surface area contributed by atoms with E-state index in [9.17, 15) is 8.78 Å². The molecule has 0 saturated carbocycles. The first-order valence-electron chi connectivity index (χ1n) is 6.23. The molecule has 0 radical (unpaired) electrons. The topological polar surface area (TPSA) is 15.3 Å². The van der Waals surface area contributed by atoms with Gasteiger partial charge in [0.05, 0.1) is 0 Å². The Balaban J connectivity index is 0.00000180. The van der Waals surface area contributed by atoms with E-state index in [-0.39, 0.29) is 36.4 Å². The zero-order chi connectivity index (χ0) is 13.0. The molecule has 1 saturated heterocycles. The molecule has 6 heteroatoms. The highest BCUT2D eigenvalue weighted by Crippen LogP contribution is 2.29. The molecule has 0 unspecified atom stereocenters. The molecule has 1 aromatic carbocycles. The smallest absolute Gasteiger partial charge is 0.130 e. The number of rotatable bonds is 4. The van der Waals surface area contributed by atoms with Crippen molar-refractivity contribution in [3.8, 4) is 0 Å². The number of nitrogens with zero attached hydrogens (tertiary/aromatic N) is 1. The van der Waals surface area contributed by atoms with Crippen LogP contribution in [0, 0.1) is 11.6 Å². The predicted molar refractivity (Wildman–Crippen MR) is 82.9 cm³/mol. The summed E-state index contributed by atoms with van der Waals surface area (Å²) >= 11 is 0. The van der Waals surface area contributed by atoms with Crippen LogP contribution in [0.5, 0.6) is 0 Å². The van der Waals surface area contributed by atoms with Gasteiger partial charge < -0.3 is 5.32 Å². The maximum absolute atomic E-state index is 13.9. The summed E-state index contributed by atoms with van der Waals surface area (Å²) in [6.45, 7) is 6.99. The van der Waals surface area contributed by atoms with Crippen molar-refractivity contribution in [3.63, 3.8) is 0 Å². The van der Waals surface area contributed by atoms with Gasteiger partial charge in [0.25, 0.3) is 0 Å². The first-order chi connectivity index (χ1) is 8.74. The zero-order valence-corrected chi connectivity index (χ0v) is 12.8. The van der Waals surface area contributed by atoms with Crippen molar-refractivity contribution in [3.05, 3.63) is 48.1 Å². The van der Waals surface area contributed by atoms with Crippen LogP contribution in [0.1, 0.15) is 18.0 Å². The second-order valence-electron chi connectivity index (χ2n) is 4.46. The summed E-state index contributed by atoms with van der Waals surface area (Å²) in [5.41, 5.74) is 0.166. The fourth-order valence-corrected chi connectivity index (χ4v) is 2.43. The third kappa shape index (κ3) is 4.42. The molecule has 2 rings (SSSR count). The molecule has 1 N–H and O–H groups in total. The summed E-state index contributed by atoms with van der Waals surface area (Å²) in [4.78, 5) is 2.11. The van der Waals surface area contributed by atoms with Gasteiger partial charge in [0.2, 0.25) is 0 Å². The minimum Gasteiger partial charge on any atom is -0.314 e. The molecule has 2 nitrogen and oxygen atoms in total. The first kappa shape index (κ1) is 19.3. The second kappa shape index (κ2) is 9.29. The molecule has 0 bridgehead atoms. The Kier molecular flexibility index (Phi) is 8.98. The Morgan fingerprint density at radius 3 is 2.25 bits per heavy atom. The Labute approximate surface area is 131 Å². The molecule has 0 spiro atoms. The lowest BCUT2D eigenvalue weighted by Gasteiger charge is -2.35. The fourth-order valence-electron chi connectivity index (χ4n) is 2.43. The SMILES string of the molecule is C=CC[C@@H](c1c(F)cccc1F)N1CCNCC1.Cl.Cl. The summed E-state index contributed by atoms with van der Waals surface area (Å²) in [7, 11) is 0. The molecule has 1 heterocycles. The van der Waals surface area contributed by atoms with Gasteiger partial charge in [-0.25, -0.2) is 8.78 Å². The van der Waals surface area contributed by atoms with Crippen LogP contribution in [-0.4, -0.2) is 31.1 Å². The Morgan fingerprint density at radius 2 is 1.75 bits per heavy atom. The van der Waals surface area contributed by atoms with Gasteiger partial charge in [0.15, 0.2) is 0 Å². The Hall–Kier alpha value is -0.680. The van der Waals surface area contributed by atoms with E-state index in [2.05, 4.69) is 16.8 Å². The van der Waals surface area contributed by atoms with Crippen LogP contribution in [-0.2, 0) is 0 Å². The van der Waals surface area contributed by atoms with E-state index in [0.29, 0.717) is 6.42 Å². The summed E-state index contributed by atoms with van der Waals surface area (Å²) in [6.07, 6.45) is 2.27. The molecule has 20 heavy (non-hydrogen) atoms. The highest BCUT2D eigenvalue weighted by Gasteiger charge is 2.26. The van der Waals surface area contributed by atoms with E-state index in [1.807, 2.05) is 0 Å². The maximum atomic E-state index is 13.9. The van der Waals surface area contributed by atoms with E-state index in [1.165, 1.54) is 18.2 Å². The molecule has 1 fully saturated rings. The van der Waals surface area contributed by atoms with Gasteiger partial charge in [0.1, 0.15) is 11.6 Å². The van der Waals surface area contributed by atoms with Crippen molar-refractivity contribution in [1.29, 1.82) is 0 Å². The van der Waals surface area contributed by atoms with Gasteiger partial charge in [-0.05, 0) is 18.6 Å². The fraction of sp³-hybridized carbons (Fsp3) is 0.429. The molecule has 1 aliphatic rings. The normalized spacial score (nSPS) is 16.7. The van der Waals surface area contributed by atoms with E-state index in [0.717, 1.165) is 26.2 Å². The molecular weight excluding hydrogens is 305 g/mol. The largest absolute Gasteiger partial charge is 0.314 e. The lowest BCUT2D eigenvalue weighted by atomic mass is 10.00. The number of hydrogen-bond acceptors (Lipinski definition) is 2. The predicted octanol–water partition coefficient (Wildman–Crippen LogP) is 3.33. The molecule has 1 aliphatic heterocycles. The number of benzene rings is 1. The molecule has 0 aliphatic carbocycles. The minimum atomic E-state index is -0.472. The van der Waals surface area contributed by atoms with Crippen molar-refractivity contribution in [1.82, 2.24) is 10.2 Å². The summed E-state index contributed by atoms with van der Waals surface area (Å²) in [5, 5.41) is 3.24. The van der Waals surface area contributed by atoms with Gasteiger partial charge in [-0.3, -0.25) is 4.90 Å². The van der Waals surface area contributed by atoms with E-state index >= 15 is 0 Å². The lowest BCUT2D eigenvalue weighted by Crippen LogP contribution is -2.45. The van der Waals surface area contributed by atoms with E-state index in [4.69, 9.17) is 0 Å². The van der Waals surface area contributed by atoms with Gasteiger partial charge in [-0.1, -0.05) is 12.1 Å². The van der Waals surface area contributed by atoms with E-state index < -0.39 is 11.6 Å². The average Bonchev–Trinajstić information content (AvgIpc) is 2.38. The average molecular weight is 325 g/mol. The van der Waals surface area contributed by atoms with Crippen LogP contribution in [0.3, 0.4) is 0 Å². The number of nitrogens with one attached hydrogen (secondary N) is 1. The van der Waals surface area contributed by atoms with E-state index in [1.54, 1.807) is 6.08 Å².